The highest BCUT2D eigenvalue weighted by Crippen LogP contribution is 2.36. The third kappa shape index (κ3) is 3.74. The molecular formula is C19H27N3O. The fourth-order valence-corrected chi connectivity index (χ4v) is 3.61. The summed E-state index contributed by atoms with van der Waals surface area (Å²) in [5.74, 6) is 1.60. The first-order chi connectivity index (χ1) is 11.2. The van der Waals surface area contributed by atoms with Crippen molar-refractivity contribution in [2.75, 3.05) is 5.32 Å². The van der Waals surface area contributed by atoms with Gasteiger partial charge in [-0.1, -0.05) is 32.6 Å². The monoisotopic (exact) mass is 313 g/mol. The Morgan fingerprint density at radius 1 is 1.30 bits per heavy atom. The predicted octanol–water partition coefficient (Wildman–Crippen LogP) is 4.91. The van der Waals surface area contributed by atoms with Gasteiger partial charge in [0.1, 0.15) is 11.3 Å². The first-order valence-corrected chi connectivity index (χ1v) is 8.97. The molecule has 0 atom stereocenters. The first-order valence-electron chi connectivity index (χ1n) is 8.97. The fraction of sp³-hybridized carbons (Fsp3) is 0.579. The van der Waals surface area contributed by atoms with Crippen LogP contribution in [-0.2, 0) is 11.2 Å². The summed E-state index contributed by atoms with van der Waals surface area (Å²) in [6, 6.07) is 4.39. The molecule has 2 aromatic rings. The molecule has 4 heteroatoms. The maximum absolute atomic E-state index is 11.6. The van der Waals surface area contributed by atoms with E-state index in [0.29, 0.717) is 5.92 Å². The minimum atomic E-state index is -0.0368. The number of rotatable bonds is 5. The van der Waals surface area contributed by atoms with Crippen molar-refractivity contribution in [1.29, 1.82) is 0 Å². The van der Waals surface area contributed by atoms with Crippen molar-refractivity contribution >= 4 is 22.6 Å². The molecular weight excluding hydrogens is 286 g/mol. The van der Waals surface area contributed by atoms with Gasteiger partial charge < -0.3 is 10.3 Å². The van der Waals surface area contributed by atoms with E-state index in [9.17, 15) is 4.79 Å². The smallest absolute Gasteiger partial charge is 0.221 e. The fourth-order valence-electron chi connectivity index (χ4n) is 3.61. The highest BCUT2D eigenvalue weighted by Gasteiger charge is 2.19. The van der Waals surface area contributed by atoms with Crippen LogP contribution in [0, 0.1) is 0 Å². The number of aromatic nitrogens is 2. The van der Waals surface area contributed by atoms with Crippen LogP contribution in [-0.4, -0.2) is 15.9 Å². The lowest BCUT2D eigenvalue weighted by molar-refractivity contribution is -0.114. The number of fused-ring (bicyclic) bond motifs is 1. The molecule has 23 heavy (non-hydrogen) atoms. The zero-order chi connectivity index (χ0) is 16.2. The Balaban J connectivity index is 1.99. The Bertz CT molecular complexity index is 683. The highest BCUT2D eigenvalue weighted by atomic mass is 16.1. The van der Waals surface area contributed by atoms with E-state index in [2.05, 4.69) is 29.4 Å². The zero-order valence-electron chi connectivity index (χ0n) is 14.2. The number of hydrogen-bond donors (Lipinski definition) is 2. The van der Waals surface area contributed by atoms with Crippen LogP contribution in [0.1, 0.15) is 76.1 Å². The number of aromatic amines is 1. The predicted molar refractivity (Wildman–Crippen MR) is 94.8 cm³/mol. The normalized spacial score (nSPS) is 15.9. The standard InChI is InChI=1S/C19H27N3O/c1-3-4-10-18-21-17-12-15(14-8-6-5-7-9-14)11-16(19(17)22-18)20-13(2)23/h11-12,14H,3-10H2,1-2H3,(H,20,23)(H,21,22). The number of carbonyl (C=O) groups is 1. The van der Waals surface area contributed by atoms with Crippen LogP contribution >= 0.6 is 0 Å². The van der Waals surface area contributed by atoms with Crippen molar-refractivity contribution in [3.63, 3.8) is 0 Å². The average Bonchev–Trinajstić information content (AvgIpc) is 2.96. The number of anilines is 1. The second-order valence-electron chi connectivity index (χ2n) is 6.77. The first kappa shape index (κ1) is 16.0. The Kier molecular flexibility index (Phi) is 4.99. The number of aryl methyl sites for hydroxylation is 1. The lowest BCUT2D eigenvalue weighted by Crippen LogP contribution is -2.09. The molecule has 1 aliphatic carbocycles. The number of amides is 1. The van der Waals surface area contributed by atoms with E-state index in [1.807, 2.05) is 0 Å². The van der Waals surface area contributed by atoms with Crippen molar-refractivity contribution < 1.29 is 4.79 Å². The van der Waals surface area contributed by atoms with E-state index in [0.717, 1.165) is 41.8 Å². The molecule has 1 heterocycles. The summed E-state index contributed by atoms with van der Waals surface area (Å²) in [5, 5.41) is 2.98. The van der Waals surface area contributed by atoms with Crippen molar-refractivity contribution in [3.05, 3.63) is 23.5 Å². The van der Waals surface area contributed by atoms with E-state index in [4.69, 9.17) is 4.98 Å². The van der Waals surface area contributed by atoms with E-state index < -0.39 is 0 Å². The molecule has 4 nitrogen and oxygen atoms in total. The quantitative estimate of drug-likeness (QED) is 0.824. The van der Waals surface area contributed by atoms with Crippen molar-refractivity contribution in [3.8, 4) is 0 Å². The molecule has 1 amide bonds. The van der Waals surface area contributed by atoms with Gasteiger partial charge in [-0.2, -0.15) is 0 Å². The van der Waals surface area contributed by atoms with Crippen LogP contribution in [0.4, 0.5) is 5.69 Å². The molecule has 0 aliphatic heterocycles. The number of nitrogens with zero attached hydrogens (tertiary/aromatic N) is 1. The molecule has 0 saturated heterocycles. The Hall–Kier alpha value is -1.84. The summed E-state index contributed by atoms with van der Waals surface area (Å²) in [4.78, 5) is 19.8. The van der Waals surface area contributed by atoms with Crippen molar-refractivity contribution in [2.24, 2.45) is 0 Å². The Morgan fingerprint density at radius 2 is 2.09 bits per heavy atom. The second kappa shape index (κ2) is 7.16. The van der Waals surface area contributed by atoms with E-state index in [1.54, 1.807) is 6.92 Å². The van der Waals surface area contributed by atoms with Crippen LogP contribution in [0.25, 0.3) is 11.0 Å². The summed E-state index contributed by atoms with van der Waals surface area (Å²) in [5.41, 5.74) is 4.15. The van der Waals surface area contributed by atoms with Gasteiger partial charge in [0.2, 0.25) is 5.91 Å². The van der Waals surface area contributed by atoms with Gasteiger partial charge in [0, 0.05) is 13.3 Å². The molecule has 124 valence electrons. The zero-order valence-corrected chi connectivity index (χ0v) is 14.2. The SMILES string of the molecule is CCCCc1nc2c(NC(C)=O)cc(C3CCCCC3)cc2[nH]1. The minimum Gasteiger partial charge on any atom is -0.342 e. The number of imidazole rings is 1. The van der Waals surface area contributed by atoms with Crippen LogP contribution in [0.5, 0.6) is 0 Å². The summed E-state index contributed by atoms with van der Waals surface area (Å²) in [7, 11) is 0. The topological polar surface area (TPSA) is 57.8 Å². The van der Waals surface area contributed by atoms with Gasteiger partial charge in [-0.05, 0) is 42.9 Å². The molecule has 1 fully saturated rings. The molecule has 2 N–H and O–H groups in total. The van der Waals surface area contributed by atoms with Crippen molar-refractivity contribution in [2.45, 2.75) is 71.1 Å². The molecule has 0 radical (unpaired) electrons. The van der Waals surface area contributed by atoms with Gasteiger partial charge in [0.05, 0.1) is 11.2 Å². The van der Waals surface area contributed by atoms with Gasteiger partial charge in [-0.3, -0.25) is 4.79 Å². The van der Waals surface area contributed by atoms with E-state index in [1.165, 1.54) is 37.7 Å². The largest absolute Gasteiger partial charge is 0.342 e. The van der Waals surface area contributed by atoms with Gasteiger partial charge in [-0.25, -0.2) is 4.98 Å². The lowest BCUT2D eigenvalue weighted by atomic mass is 9.84. The molecule has 1 aliphatic rings. The van der Waals surface area contributed by atoms with Gasteiger partial charge >= 0.3 is 0 Å². The van der Waals surface area contributed by atoms with Crippen LogP contribution < -0.4 is 5.32 Å². The molecule has 1 saturated carbocycles. The van der Waals surface area contributed by atoms with Gasteiger partial charge in [-0.15, -0.1) is 0 Å². The second-order valence-corrected chi connectivity index (χ2v) is 6.77. The third-order valence-electron chi connectivity index (χ3n) is 4.81. The maximum Gasteiger partial charge on any atom is 0.221 e. The van der Waals surface area contributed by atoms with Gasteiger partial charge in [0.25, 0.3) is 0 Å². The number of nitrogens with one attached hydrogen (secondary N) is 2. The average molecular weight is 313 g/mol. The summed E-state index contributed by atoms with van der Waals surface area (Å²) < 4.78 is 0. The summed E-state index contributed by atoms with van der Waals surface area (Å²) >= 11 is 0. The molecule has 0 bridgehead atoms. The third-order valence-corrected chi connectivity index (χ3v) is 4.81. The number of carbonyl (C=O) groups excluding carboxylic acids is 1. The number of hydrogen-bond acceptors (Lipinski definition) is 2. The summed E-state index contributed by atoms with van der Waals surface area (Å²) in [6.07, 6.45) is 9.72. The van der Waals surface area contributed by atoms with Crippen LogP contribution in [0.15, 0.2) is 12.1 Å². The van der Waals surface area contributed by atoms with E-state index >= 15 is 0 Å². The molecule has 1 aromatic carbocycles. The number of H-pyrrole nitrogens is 1. The molecule has 0 spiro atoms. The lowest BCUT2D eigenvalue weighted by Gasteiger charge is -2.22. The number of unbranched alkanes of at least 4 members (excludes halogenated alkanes) is 1. The Morgan fingerprint density at radius 3 is 2.78 bits per heavy atom. The minimum absolute atomic E-state index is 0.0368. The Labute approximate surface area is 138 Å². The molecule has 0 unspecified atom stereocenters. The highest BCUT2D eigenvalue weighted by molar-refractivity contribution is 5.99. The van der Waals surface area contributed by atoms with Crippen LogP contribution in [0.3, 0.4) is 0 Å². The maximum atomic E-state index is 11.6. The number of benzene rings is 1. The van der Waals surface area contributed by atoms with E-state index in [-0.39, 0.29) is 5.91 Å². The summed E-state index contributed by atoms with van der Waals surface area (Å²) in [6.45, 7) is 3.75. The molecule has 3 rings (SSSR count). The van der Waals surface area contributed by atoms with Crippen molar-refractivity contribution in [1.82, 2.24) is 9.97 Å². The van der Waals surface area contributed by atoms with Crippen LogP contribution in [0.2, 0.25) is 0 Å². The van der Waals surface area contributed by atoms with Gasteiger partial charge in [0.15, 0.2) is 0 Å². The molecule has 1 aromatic heterocycles.